The van der Waals surface area contributed by atoms with E-state index in [1.54, 1.807) is 48.5 Å². The normalized spacial score (nSPS) is 11.3. The first kappa shape index (κ1) is 21.5. The van der Waals surface area contributed by atoms with Crippen LogP contribution in [0.4, 0.5) is 5.69 Å². The third kappa shape index (κ3) is 5.68. The molecule has 3 aromatic carbocycles. The maximum absolute atomic E-state index is 12.2. The molecule has 0 saturated carbocycles. The van der Waals surface area contributed by atoms with Crippen LogP contribution in [0.1, 0.15) is 12.0 Å². The van der Waals surface area contributed by atoms with Crippen molar-refractivity contribution >= 4 is 21.6 Å². The Morgan fingerprint density at radius 3 is 2.07 bits per heavy atom. The Hall–Kier alpha value is -3.16. The average molecular weight is 425 g/mol. The molecule has 1 amide bonds. The molecular formula is C23H24N2O4S. The Balaban J connectivity index is 1.51. The number of hydrogen-bond donors (Lipinski definition) is 1. The minimum atomic E-state index is -3.45. The van der Waals surface area contributed by atoms with Crippen molar-refractivity contribution < 1.29 is 17.9 Å². The van der Waals surface area contributed by atoms with Gasteiger partial charge in [-0.2, -0.15) is 0 Å². The average Bonchev–Trinajstić information content (AvgIpc) is 2.74. The fraction of sp³-hybridized carbons (Fsp3) is 0.174. The van der Waals surface area contributed by atoms with Gasteiger partial charge in [0, 0.05) is 26.2 Å². The van der Waals surface area contributed by atoms with E-state index < -0.39 is 10.0 Å². The monoisotopic (exact) mass is 424 g/mol. The van der Waals surface area contributed by atoms with Gasteiger partial charge in [0.15, 0.2) is 0 Å². The van der Waals surface area contributed by atoms with Crippen molar-refractivity contribution in [3.8, 4) is 11.5 Å². The molecule has 0 fully saturated rings. The standard InChI is InChI=1S/C23H24N2O4S/c1-25(2)30(27,28)22-15-8-18(9-16-22)10-17-23(26)24-19-11-13-21(14-12-19)29-20-6-4-3-5-7-20/h3-9,11-16H,10,17H2,1-2H3,(H,24,26). The van der Waals surface area contributed by atoms with Crippen molar-refractivity contribution in [3.63, 3.8) is 0 Å². The summed E-state index contributed by atoms with van der Waals surface area (Å²) in [6, 6.07) is 23.2. The topological polar surface area (TPSA) is 75.7 Å². The van der Waals surface area contributed by atoms with Crippen molar-refractivity contribution in [2.24, 2.45) is 0 Å². The van der Waals surface area contributed by atoms with Crippen LogP contribution in [0.3, 0.4) is 0 Å². The lowest BCUT2D eigenvalue weighted by Gasteiger charge is -2.11. The number of ether oxygens (including phenoxy) is 1. The van der Waals surface area contributed by atoms with Crippen molar-refractivity contribution in [2.45, 2.75) is 17.7 Å². The van der Waals surface area contributed by atoms with Crippen LogP contribution >= 0.6 is 0 Å². The highest BCUT2D eigenvalue weighted by Gasteiger charge is 2.16. The summed E-state index contributed by atoms with van der Waals surface area (Å²) < 4.78 is 31.1. The first-order valence-electron chi connectivity index (χ1n) is 9.49. The minimum absolute atomic E-state index is 0.114. The van der Waals surface area contributed by atoms with Crippen LogP contribution in [-0.4, -0.2) is 32.7 Å². The summed E-state index contributed by atoms with van der Waals surface area (Å²) >= 11 is 0. The van der Waals surface area contributed by atoms with Crippen molar-refractivity contribution in [2.75, 3.05) is 19.4 Å². The summed E-state index contributed by atoms with van der Waals surface area (Å²) in [5.41, 5.74) is 1.59. The molecule has 3 aromatic rings. The maximum Gasteiger partial charge on any atom is 0.242 e. The molecule has 6 nitrogen and oxygen atoms in total. The summed E-state index contributed by atoms with van der Waals surface area (Å²) in [6.45, 7) is 0. The number of rotatable bonds is 8. The van der Waals surface area contributed by atoms with E-state index in [0.717, 1.165) is 11.3 Å². The SMILES string of the molecule is CN(C)S(=O)(=O)c1ccc(CCC(=O)Nc2ccc(Oc3ccccc3)cc2)cc1. The van der Waals surface area contributed by atoms with Gasteiger partial charge < -0.3 is 10.1 Å². The highest BCUT2D eigenvalue weighted by atomic mass is 32.2. The highest BCUT2D eigenvalue weighted by Crippen LogP contribution is 2.23. The zero-order valence-corrected chi connectivity index (χ0v) is 17.7. The molecule has 0 unspecified atom stereocenters. The van der Waals surface area contributed by atoms with Gasteiger partial charge in [-0.3, -0.25) is 4.79 Å². The number of nitrogens with one attached hydrogen (secondary N) is 1. The minimum Gasteiger partial charge on any atom is -0.457 e. The lowest BCUT2D eigenvalue weighted by molar-refractivity contribution is -0.116. The van der Waals surface area contributed by atoms with Gasteiger partial charge >= 0.3 is 0 Å². The van der Waals surface area contributed by atoms with Gasteiger partial charge in [0.05, 0.1) is 4.90 Å². The first-order chi connectivity index (χ1) is 14.3. The maximum atomic E-state index is 12.2. The fourth-order valence-electron chi connectivity index (χ4n) is 2.75. The number of carbonyl (C=O) groups is 1. The predicted molar refractivity (Wildman–Crippen MR) is 117 cm³/mol. The lowest BCUT2D eigenvalue weighted by atomic mass is 10.1. The van der Waals surface area contributed by atoms with E-state index in [0.29, 0.717) is 24.3 Å². The molecule has 0 bridgehead atoms. The van der Waals surface area contributed by atoms with Crippen molar-refractivity contribution in [3.05, 3.63) is 84.4 Å². The number of para-hydroxylation sites is 1. The predicted octanol–water partition coefficient (Wildman–Crippen LogP) is 4.30. The third-order valence-electron chi connectivity index (χ3n) is 4.46. The molecule has 1 N–H and O–H groups in total. The molecule has 0 aliphatic carbocycles. The van der Waals surface area contributed by atoms with Gasteiger partial charge in [0.25, 0.3) is 0 Å². The van der Waals surface area contributed by atoms with E-state index in [4.69, 9.17) is 4.74 Å². The molecule has 0 heterocycles. The Bertz CT molecular complexity index is 1080. The van der Waals surface area contributed by atoms with Crippen LogP contribution in [-0.2, 0) is 21.2 Å². The number of nitrogens with zero attached hydrogens (tertiary/aromatic N) is 1. The summed E-state index contributed by atoms with van der Waals surface area (Å²) in [5.74, 6) is 1.32. The fourth-order valence-corrected chi connectivity index (χ4v) is 3.65. The smallest absolute Gasteiger partial charge is 0.242 e. The number of benzene rings is 3. The molecular weight excluding hydrogens is 400 g/mol. The van der Waals surface area contributed by atoms with E-state index in [2.05, 4.69) is 5.32 Å². The van der Waals surface area contributed by atoms with E-state index in [-0.39, 0.29) is 10.8 Å². The molecule has 0 radical (unpaired) electrons. The quantitative estimate of drug-likeness (QED) is 0.585. The first-order valence-corrected chi connectivity index (χ1v) is 10.9. The van der Waals surface area contributed by atoms with Crippen LogP contribution < -0.4 is 10.1 Å². The number of carbonyl (C=O) groups excluding carboxylic acids is 1. The third-order valence-corrected chi connectivity index (χ3v) is 6.29. The van der Waals surface area contributed by atoms with Crippen LogP contribution in [0.2, 0.25) is 0 Å². The van der Waals surface area contributed by atoms with Crippen LogP contribution in [0.25, 0.3) is 0 Å². The Labute approximate surface area is 177 Å². The van der Waals surface area contributed by atoms with Gasteiger partial charge in [-0.1, -0.05) is 30.3 Å². The van der Waals surface area contributed by atoms with Crippen LogP contribution in [0.15, 0.2) is 83.8 Å². The molecule has 0 aliphatic heterocycles. The van der Waals surface area contributed by atoms with Crippen molar-refractivity contribution in [1.82, 2.24) is 4.31 Å². The van der Waals surface area contributed by atoms with Crippen molar-refractivity contribution in [1.29, 1.82) is 0 Å². The molecule has 30 heavy (non-hydrogen) atoms. The van der Waals surface area contributed by atoms with E-state index in [1.807, 2.05) is 30.3 Å². The second-order valence-electron chi connectivity index (χ2n) is 6.92. The largest absolute Gasteiger partial charge is 0.457 e. The van der Waals surface area contributed by atoms with E-state index in [1.165, 1.54) is 18.4 Å². The van der Waals surface area contributed by atoms with Gasteiger partial charge in [0.2, 0.25) is 15.9 Å². The zero-order chi connectivity index (χ0) is 21.6. The molecule has 3 rings (SSSR count). The number of sulfonamides is 1. The molecule has 0 aromatic heterocycles. The summed E-state index contributed by atoms with van der Waals surface area (Å²) in [4.78, 5) is 12.5. The number of anilines is 1. The Morgan fingerprint density at radius 2 is 1.47 bits per heavy atom. The van der Waals surface area contributed by atoms with Gasteiger partial charge in [-0.25, -0.2) is 12.7 Å². The molecule has 0 aliphatic rings. The van der Waals surface area contributed by atoms with Gasteiger partial charge in [0.1, 0.15) is 11.5 Å². The van der Waals surface area contributed by atoms with E-state index in [9.17, 15) is 13.2 Å². The summed E-state index contributed by atoms with van der Waals surface area (Å²) in [6.07, 6.45) is 0.811. The summed E-state index contributed by atoms with van der Waals surface area (Å²) in [5, 5.41) is 2.86. The van der Waals surface area contributed by atoms with Gasteiger partial charge in [-0.15, -0.1) is 0 Å². The Kier molecular flexibility index (Phi) is 6.87. The Morgan fingerprint density at radius 1 is 0.867 bits per heavy atom. The second kappa shape index (κ2) is 9.56. The zero-order valence-electron chi connectivity index (χ0n) is 16.9. The van der Waals surface area contributed by atoms with Crippen LogP contribution in [0.5, 0.6) is 11.5 Å². The number of aryl methyl sites for hydroxylation is 1. The molecule has 0 spiro atoms. The molecule has 0 atom stereocenters. The second-order valence-corrected chi connectivity index (χ2v) is 9.07. The van der Waals surface area contributed by atoms with E-state index >= 15 is 0 Å². The summed E-state index contributed by atoms with van der Waals surface area (Å²) in [7, 11) is -0.457. The highest BCUT2D eigenvalue weighted by molar-refractivity contribution is 7.89. The molecule has 156 valence electrons. The number of hydrogen-bond acceptors (Lipinski definition) is 4. The molecule has 0 saturated heterocycles. The molecule has 7 heteroatoms. The van der Waals surface area contributed by atoms with Gasteiger partial charge in [-0.05, 0) is 60.5 Å². The van der Waals surface area contributed by atoms with Crippen LogP contribution in [0, 0.1) is 0 Å². The number of amides is 1. The lowest BCUT2D eigenvalue weighted by Crippen LogP contribution is -2.22.